The average Bonchev–Trinajstić information content (AvgIpc) is 3.52. The van der Waals surface area contributed by atoms with E-state index in [4.69, 9.17) is 0 Å². The molecule has 1 saturated carbocycles. The van der Waals surface area contributed by atoms with Crippen molar-refractivity contribution in [2.24, 2.45) is 5.92 Å². The van der Waals surface area contributed by atoms with Gasteiger partial charge >= 0.3 is 0 Å². The Hall–Kier alpha value is -0.820. The van der Waals surface area contributed by atoms with Crippen LogP contribution in [0, 0.1) is 19.8 Å². The normalized spacial score (nSPS) is 17.5. The van der Waals surface area contributed by atoms with Crippen molar-refractivity contribution in [2.75, 3.05) is 13.1 Å². The molecule has 1 aromatic carbocycles. The molecule has 0 bridgehead atoms. The van der Waals surface area contributed by atoms with E-state index < -0.39 is 0 Å². The van der Waals surface area contributed by atoms with E-state index in [1.54, 1.807) is 11.1 Å². The Balaban J connectivity index is 2.10. The highest BCUT2D eigenvalue weighted by Gasteiger charge is 2.32. The van der Waals surface area contributed by atoms with Crippen LogP contribution in [0.2, 0.25) is 0 Å². The van der Waals surface area contributed by atoms with Crippen molar-refractivity contribution in [1.82, 2.24) is 4.90 Å². The van der Waals surface area contributed by atoms with Crippen molar-refractivity contribution in [3.63, 3.8) is 0 Å². The molecule has 1 aromatic rings. The van der Waals surface area contributed by atoms with Crippen LogP contribution in [-0.2, 0) is 11.8 Å². The summed E-state index contributed by atoms with van der Waals surface area (Å²) in [6, 6.07) is 5.45. The van der Waals surface area contributed by atoms with E-state index in [9.17, 15) is 0 Å². The lowest BCUT2D eigenvalue weighted by atomic mass is 9.72. The van der Waals surface area contributed by atoms with Crippen molar-refractivity contribution in [1.29, 1.82) is 0 Å². The third kappa shape index (κ3) is 6.84. The first kappa shape index (κ1) is 24.4. The van der Waals surface area contributed by atoms with Gasteiger partial charge in [0.25, 0.3) is 0 Å². The highest BCUT2D eigenvalue weighted by atomic mass is 15.2. The van der Waals surface area contributed by atoms with Gasteiger partial charge in [0.2, 0.25) is 0 Å². The summed E-state index contributed by atoms with van der Waals surface area (Å²) in [5.74, 6) is 0.980. The molecule has 0 aliphatic heterocycles. The molecular formula is C28H49N. The van der Waals surface area contributed by atoms with Gasteiger partial charge in [-0.2, -0.15) is 0 Å². The molecule has 1 aliphatic rings. The van der Waals surface area contributed by atoms with Crippen molar-refractivity contribution in [3.8, 4) is 0 Å². The maximum atomic E-state index is 2.85. The first-order valence-electron chi connectivity index (χ1n) is 12.7. The Morgan fingerprint density at radius 2 is 1.79 bits per heavy atom. The van der Waals surface area contributed by atoms with Crippen molar-refractivity contribution < 1.29 is 0 Å². The van der Waals surface area contributed by atoms with Gasteiger partial charge in [-0.25, -0.2) is 0 Å². The van der Waals surface area contributed by atoms with Crippen LogP contribution in [0.3, 0.4) is 0 Å². The zero-order valence-corrected chi connectivity index (χ0v) is 20.7. The molecule has 0 N–H and O–H groups in total. The van der Waals surface area contributed by atoms with E-state index in [0.717, 1.165) is 18.4 Å². The summed E-state index contributed by atoms with van der Waals surface area (Å²) >= 11 is 0. The lowest BCUT2D eigenvalue weighted by molar-refractivity contribution is 0.169. The van der Waals surface area contributed by atoms with Crippen molar-refractivity contribution >= 4 is 0 Å². The van der Waals surface area contributed by atoms with E-state index in [2.05, 4.69) is 65.5 Å². The third-order valence-corrected chi connectivity index (χ3v) is 7.79. The highest BCUT2D eigenvalue weighted by Crippen LogP contribution is 2.38. The smallest absolute Gasteiger partial charge is 0.00670 e. The van der Waals surface area contributed by atoms with Crippen molar-refractivity contribution in [2.45, 2.75) is 124 Å². The minimum atomic E-state index is 0.281. The summed E-state index contributed by atoms with van der Waals surface area (Å²) < 4.78 is 0. The van der Waals surface area contributed by atoms with Crippen LogP contribution in [0.4, 0.5) is 0 Å². The van der Waals surface area contributed by atoms with Gasteiger partial charge < -0.3 is 4.90 Å². The maximum Gasteiger partial charge on any atom is 0.00670 e. The summed E-state index contributed by atoms with van der Waals surface area (Å²) in [4.78, 5) is 2.85. The molecule has 0 radical (unpaired) electrons. The molecule has 1 nitrogen and oxygen atoms in total. The minimum absolute atomic E-state index is 0.281. The number of aryl methyl sites for hydroxylation is 2. The molecule has 1 aliphatic carbocycles. The molecule has 0 amide bonds. The van der Waals surface area contributed by atoms with E-state index >= 15 is 0 Å². The quantitative estimate of drug-likeness (QED) is 0.286. The summed E-state index contributed by atoms with van der Waals surface area (Å²) in [5.41, 5.74) is 6.50. The summed E-state index contributed by atoms with van der Waals surface area (Å²) in [6.07, 6.45) is 13.5. The van der Waals surface area contributed by atoms with Gasteiger partial charge in [0, 0.05) is 12.6 Å². The second kappa shape index (κ2) is 11.5. The zero-order chi connectivity index (χ0) is 21.4. The molecule has 1 fully saturated rings. The summed E-state index contributed by atoms with van der Waals surface area (Å²) in [7, 11) is 0. The SMILES string of the molecule is CCCCCCC(C)N(CCC(C)(CC)c1c(C)ccc(CC)c1C)CC1CC1. The maximum absolute atomic E-state index is 2.85. The number of hydrogen-bond acceptors (Lipinski definition) is 1. The monoisotopic (exact) mass is 399 g/mol. The molecule has 166 valence electrons. The molecule has 2 atom stereocenters. The molecule has 2 unspecified atom stereocenters. The molecular weight excluding hydrogens is 350 g/mol. The number of rotatable bonds is 14. The molecule has 0 saturated heterocycles. The van der Waals surface area contributed by atoms with Gasteiger partial charge in [-0.05, 0) is 99.4 Å². The zero-order valence-electron chi connectivity index (χ0n) is 20.7. The fourth-order valence-corrected chi connectivity index (χ4v) is 5.24. The van der Waals surface area contributed by atoms with Crippen LogP contribution in [0.5, 0.6) is 0 Å². The molecule has 1 heteroatoms. The van der Waals surface area contributed by atoms with Crippen LogP contribution in [0.15, 0.2) is 12.1 Å². The first-order chi connectivity index (χ1) is 13.9. The van der Waals surface area contributed by atoms with Crippen LogP contribution in [0.25, 0.3) is 0 Å². The topological polar surface area (TPSA) is 3.24 Å². The predicted octanol–water partition coefficient (Wildman–Crippen LogP) is 7.99. The van der Waals surface area contributed by atoms with E-state index in [1.165, 1.54) is 82.0 Å². The summed E-state index contributed by atoms with van der Waals surface area (Å²) in [6.45, 7) is 19.3. The summed E-state index contributed by atoms with van der Waals surface area (Å²) in [5, 5.41) is 0. The molecule has 2 rings (SSSR count). The molecule has 0 aromatic heterocycles. The Morgan fingerprint density at radius 1 is 1.07 bits per heavy atom. The lowest BCUT2D eigenvalue weighted by Gasteiger charge is -2.37. The minimum Gasteiger partial charge on any atom is -0.300 e. The van der Waals surface area contributed by atoms with Crippen LogP contribution in [-0.4, -0.2) is 24.0 Å². The van der Waals surface area contributed by atoms with Gasteiger partial charge in [0.15, 0.2) is 0 Å². The third-order valence-electron chi connectivity index (χ3n) is 7.79. The Morgan fingerprint density at radius 3 is 2.38 bits per heavy atom. The van der Waals surface area contributed by atoms with Crippen LogP contribution < -0.4 is 0 Å². The number of hydrogen-bond donors (Lipinski definition) is 0. The van der Waals surface area contributed by atoms with E-state index in [0.29, 0.717) is 0 Å². The Bertz CT molecular complexity index is 615. The van der Waals surface area contributed by atoms with E-state index in [1.807, 2.05) is 0 Å². The second-order valence-electron chi connectivity index (χ2n) is 10.2. The number of nitrogens with zero attached hydrogens (tertiary/aromatic N) is 1. The van der Waals surface area contributed by atoms with Gasteiger partial charge in [0.05, 0.1) is 0 Å². The van der Waals surface area contributed by atoms with E-state index in [-0.39, 0.29) is 5.41 Å². The fourth-order valence-electron chi connectivity index (χ4n) is 5.24. The van der Waals surface area contributed by atoms with Gasteiger partial charge in [-0.3, -0.25) is 0 Å². The predicted molar refractivity (Wildman–Crippen MR) is 130 cm³/mol. The largest absolute Gasteiger partial charge is 0.300 e. The number of benzene rings is 1. The first-order valence-corrected chi connectivity index (χ1v) is 12.7. The van der Waals surface area contributed by atoms with Gasteiger partial charge in [-0.15, -0.1) is 0 Å². The fraction of sp³-hybridized carbons (Fsp3) is 0.786. The molecule has 0 spiro atoms. The lowest BCUT2D eigenvalue weighted by Crippen LogP contribution is -2.39. The Kier molecular flexibility index (Phi) is 9.73. The molecule has 29 heavy (non-hydrogen) atoms. The Labute approximate surface area is 182 Å². The van der Waals surface area contributed by atoms with Gasteiger partial charge in [0.1, 0.15) is 0 Å². The standard InChI is InChI=1S/C28H49N/c1-8-11-12-13-14-23(5)29(21-25-16-17-25)20-19-28(7,10-3)27-22(4)15-18-26(9-2)24(27)6/h15,18,23,25H,8-14,16-17,19-21H2,1-7H3. The van der Waals surface area contributed by atoms with Gasteiger partial charge in [-0.1, -0.05) is 65.5 Å². The van der Waals surface area contributed by atoms with Crippen LogP contribution >= 0.6 is 0 Å². The van der Waals surface area contributed by atoms with Crippen molar-refractivity contribution in [3.05, 3.63) is 34.4 Å². The second-order valence-corrected chi connectivity index (χ2v) is 10.2. The number of unbranched alkanes of at least 4 members (excludes halogenated alkanes) is 3. The average molecular weight is 400 g/mol. The molecule has 0 heterocycles. The van der Waals surface area contributed by atoms with Crippen LogP contribution in [0.1, 0.15) is 115 Å². The highest BCUT2D eigenvalue weighted by molar-refractivity contribution is 5.44.